The molecule has 0 aliphatic rings. The molecule has 0 aromatic carbocycles. The Kier molecular flexibility index (Phi) is 6.28. The van der Waals surface area contributed by atoms with Crippen molar-refractivity contribution in [3.63, 3.8) is 0 Å². The predicted octanol–water partition coefficient (Wildman–Crippen LogP) is 2.71. The van der Waals surface area contributed by atoms with Gasteiger partial charge in [-0.15, -0.1) is 0 Å². The summed E-state index contributed by atoms with van der Waals surface area (Å²) in [5.74, 6) is 0.836. The summed E-state index contributed by atoms with van der Waals surface area (Å²) in [6.07, 6.45) is 3.79. The number of aromatic nitrogens is 1. The normalized spacial score (nSPS) is 10.7. The van der Waals surface area contributed by atoms with Gasteiger partial charge in [0.2, 0.25) is 0 Å². The zero-order valence-electron chi connectivity index (χ0n) is 12.8. The summed E-state index contributed by atoms with van der Waals surface area (Å²) >= 11 is 0. The number of nitrogens with two attached hydrogens (primary N) is 1. The van der Waals surface area contributed by atoms with Crippen LogP contribution in [0.4, 0.5) is 11.5 Å². The first-order chi connectivity index (χ1) is 9.57. The maximum absolute atomic E-state index is 11.9. The zero-order valence-corrected chi connectivity index (χ0v) is 12.8. The molecule has 0 bridgehead atoms. The number of carbonyl (C=O) groups is 1. The van der Waals surface area contributed by atoms with E-state index in [-0.39, 0.29) is 0 Å². The third-order valence-corrected chi connectivity index (χ3v) is 3.61. The molecule has 5 nitrogen and oxygen atoms in total. The molecule has 1 heterocycles. The largest absolute Gasteiger partial charge is 0.465 e. The van der Waals surface area contributed by atoms with Crippen LogP contribution in [0.15, 0.2) is 12.3 Å². The lowest BCUT2D eigenvalue weighted by atomic mass is 10.0. The second-order valence-electron chi connectivity index (χ2n) is 4.85. The monoisotopic (exact) mass is 279 g/mol. The molecule has 0 unspecified atom stereocenters. The van der Waals surface area contributed by atoms with Crippen molar-refractivity contribution in [2.24, 2.45) is 5.92 Å². The number of hydrogen-bond donors (Lipinski definition) is 1. The van der Waals surface area contributed by atoms with Gasteiger partial charge in [0.1, 0.15) is 11.4 Å². The van der Waals surface area contributed by atoms with Crippen molar-refractivity contribution >= 4 is 17.5 Å². The first-order valence-electron chi connectivity index (χ1n) is 7.16. The third kappa shape index (κ3) is 3.85. The summed E-state index contributed by atoms with van der Waals surface area (Å²) in [5, 5.41) is 0. The van der Waals surface area contributed by atoms with E-state index in [0.717, 1.165) is 25.9 Å². The van der Waals surface area contributed by atoms with Gasteiger partial charge in [-0.2, -0.15) is 0 Å². The van der Waals surface area contributed by atoms with Gasteiger partial charge >= 0.3 is 5.97 Å². The summed E-state index contributed by atoms with van der Waals surface area (Å²) in [6.45, 7) is 8.09. The average Bonchev–Trinajstić information content (AvgIpc) is 2.48. The maximum Gasteiger partial charge on any atom is 0.341 e. The number of rotatable bonds is 7. The van der Waals surface area contributed by atoms with Gasteiger partial charge in [-0.1, -0.05) is 26.7 Å². The minimum Gasteiger partial charge on any atom is -0.465 e. The lowest BCUT2D eigenvalue weighted by molar-refractivity contribution is 0.0601. The minimum absolute atomic E-state index is 0.400. The van der Waals surface area contributed by atoms with Gasteiger partial charge in [-0.25, -0.2) is 9.78 Å². The Morgan fingerprint density at radius 3 is 2.55 bits per heavy atom. The molecule has 112 valence electrons. The number of methoxy groups -OCH3 is 1. The van der Waals surface area contributed by atoms with Crippen LogP contribution in [0.2, 0.25) is 0 Å². The lowest BCUT2D eigenvalue weighted by Gasteiger charge is -2.27. The Hall–Kier alpha value is -1.78. The summed E-state index contributed by atoms with van der Waals surface area (Å²) in [7, 11) is 1.37. The van der Waals surface area contributed by atoms with Gasteiger partial charge in [-0.3, -0.25) is 0 Å². The number of nitrogens with zero attached hydrogens (tertiary/aromatic N) is 2. The molecule has 1 aromatic rings. The van der Waals surface area contributed by atoms with Crippen molar-refractivity contribution in [3.8, 4) is 0 Å². The molecular formula is C15H25N3O2. The maximum atomic E-state index is 11.9. The Morgan fingerprint density at radius 2 is 2.05 bits per heavy atom. The van der Waals surface area contributed by atoms with Gasteiger partial charge in [0.05, 0.1) is 19.0 Å². The van der Waals surface area contributed by atoms with Gasteiger partial charge in [0.25, 0.3) is 0 Å². The Balaban J connectivity index is 3.11. The molecule has 1 rings (SSSR count). The Morgan fingerprint density at radius 1 is 1.40 bits per heavy atom. The van der Waals surface area contributed by atoms with Crippen LogP contribution < -0.4 is 10.6 Å². The molecule has 0 atom stereocenters. The number of esters is 1. The van der Waals surface area contributed by atoms with E-state index in [1.54, 1.807) is 12.3 Å². The fraction of sp³-hybridized carbons (Fsp3) is 0.600. The Labute approximate surface area is 121 Å². The number of nitrogen functional groups attached to an aromatic ring is 1. The predicted molar refractivity (Wildman–Crippen MR) is 81.9 cm³/mol. The Bertz CT molecular complexity index is 445. The van der Waals surface area contributed by atoms with E-state index < -0.39 is 5.97 Å². The highest BCUT2D eigenvalue weighted by Crippen LogP contribution is 2.23. The first kappa shape index (κ1) is 16.3. The average molecular weight is 279 g/mol. The second-order valence-corrected chi connectivity index (χ2v) is 4.85. The van der Waals surface area contributed by atoms with Gasteiger partial charge in [-0.05, 0) is 18.9 Å². The van der Waals surface area contributed by atoms with Crippen LogP contribution in [-0.2, 0) is 4.74 Å². The SMILES string of the molecule is CCC(CC)CN(CC)c1ncc(N)cc1C(=O)OC. The lowest BCUT2D eigenvalue weighted by Crippen LogP contribution is -2.31. The molecule has 0 saturated carbocycles. The molecule has 0 aliphatic carbocycles. The molecule has 20 heavy (non-hydrogen) atoms. The van der Waals surface area contributed by atoms with E-state index in [4.69, 9.17) is 10.5 Å². The smallest absolute Gasteiger partial charge is 0.341 e. The molecular weight excluding hydrogens is 254 g/mol. The van der Waals surface area contributed by atoms with E-state index in [2.05, 4.69) is 30.7 Å². The van der Waals surface area contributed by atoms with E-state index in [9.17, 15) is 4.79 Å². The summed E-state index contributed by atoms with van der Waals surface area (Å²) in [5.41, 5.74) is 6.62. The van der Waals surface area contributed by atoms with Crippen LogP contribution in [-0.4, -0.2) is 31.2 Å². The van der Waals surface area contributed by atoms with Gasteiger partial charge in [0.15, 0.2) is 0 Å². The molecule has 2 N–H and O–H groups in total. The molecule has 0 radical (unpaired) electrons. The fourth-order valence-corrected chi connectivity index (χ4v) is 2.21. The van der Waals surface area contributed by atoms with Crippen molar-refractivity contribution in [2.45, 2.75) is 33.6 Å². The third-order valence-electron chi connectivity index (χ3n) is 3.61. The summed E-state index contributed by atoms with van der Waals surface area (Å²) in [4.78, 5) is 18.3. The highest BCUT2D eigenvalue weighted by atomic mass is 16.5. The van der Waals surface area contributed by atoms with Crippen molar-refractivity contribution in [1.29, 1.82) is 0 Å². The standard InChI is InChI=1S/C15H25N3O2/c1-5-11(6-2)10-18(7-3)14-13(15(19)20-4)8-12(16)9-17-14/h8-9,11H,5-7,10,16H2,1-4H3. The number of hydrogen-bond acceptors (Lipinski definition) is 5. The molecule has 1 aromatic heterocycles. The fourth-order valence-electron chi connectivity index (χ4n) is 2.21. The van der Waals surface area contributed by atoms with Crippen LogP contribution in [0, 0.1) is 5.92 Å². The molecule has 0 aliphatic heterocycles. The zero-order chi connectivity index (χ0) is 15.1. The van der Waals surface area contributed by atoms with Crippen LogP contribution >= 0.6 is 0 Å². The van der Waals surface area contributed by atoms with Gasteiger partial charge in [0, 0.05) is 13.1 Å². The molecule has 5 heteroatoms. The number of carbonyl (C=O) groups excluding carboxylic acids is 1. The molecule has 0 spiro atoms. The second kappa shape index (κ2) is 7.72. The van der Waals surface area contributed by atoms with Crippen LogP contribution in [0.25, 0.3) is 0 Å². The van der Waals surface area contributed by atoms with E-state index in [1.165, 1.54) is 7.11 Å². The molecule has 0 fully saturated rings. The number of ether oxygens (including phenoxy) is 1. The van der Waals surface area contributed by atoms with Crippen LogP contribution in [0.5, 0.6) is 0 Å². The summed E-state index contributed by atoms with van der Waals surface area (Å²) in [6, 6.07) is 1.63. The number of pyridine rings is 1. The minimum atomic E-state index is -0.400. The van der Waals surface area contributed by atoms with Gasteiger partial charge < -0.3 is 15.4 Å². The highest BCUT2D eigenvalue weighted by molar-refractivity contribution is 5.95. The highest BCUT2D eigenvalue weighted by Gasteiger charge is 2.20. The quantitative estimate of drug-likeness (QED) is 0.777. The van der Waals surface area contributed by atoms with Crippen molar-refractivity contribution in [3.05, 3.63) is 17.8 Å². The van der Waals surface area contributed by atoms with Crippen LogP contribution in [0.1, 0.15) is 44.0 Å². The van der Waals surface area contributed by atoms with Crippen LogP contribution in [0.3, 0.4) is 0 Å². The van der Waals surface area contributed by atoms with E-state index in [1.807, 2.05) is 0 Å². The topological polar surface area (TPSA) is 68.5 Å². The van der Waals surface area contributed by atoms with Crippen molar-refractivity contribution in [1.82, 2.24) is 4.98 Å². The summed E-state index contributed by atoms with van der Waals surface area (Å²) < 4.78 is 4.82. The number of anilines is 2. The van der Waals surface area contributed by atoms with E-state index >= 15 is 0 Å². The molecule has 0 amide bonds. The first-order valence-corrected chi connectivity index (χ1v) is 7.16. The van der Waals surface area contributed by atoms with E-state index in [0.29, 0.717) is 23.0 Å². The van der Waals surface area contributed by atoms with Crippen molar-refractivity contribution in [2.75, 3.05) is 30.8 Å². The van der Waals surface area contributed by atoms with Crippen molar-refractivity contribution < 1.29 is 9.53 Å². The molecule has 0 saturated heterocycles.